The molecule has 3 nitrogen and oxygen atoms in total. The van der Waals surface area contributed by atoms with Crippen molar-refractivity contribution >= 4 is 49.8 Å². The van der Waals surface area contributed by atoms with Gasteiger partial charge in [0, 0.05) is 10.0 Å². The van der Waals surface area contributed by atoms with E-state index in [0.717, 1.165) is 15.2 Å². The van der Waals surface area contributed by atoms with E-state index >= 15 is 0 Å². The molecule has 0 saturated carbocycles. The van der Waals surface area contributed by atoms with Crippen molar-refractivity contribution < 1.29 is 14.3 Å². The van der Waals surface area contributed by atoms with Crippen molar-refractivity contribution in [3.63, 3.8) is 0 Å². The summed E-state index contributed by atoms with van der Waals surface area (Å²) in [5.74, 6) is -1.23. The van der Waals surface area contributed by atoms with E-state index < -0.39 is 11.9 Å². The van der Waals surface area contributed by atoms with Gasteiger partial charge in [0.1, 0.15) is 0 Å². The molecular formula is C20H11BrO3. The van der Waals surface area contributed by atoms with E-state index in [1.54, 1.807) is 6.07 Å². The second-order valence-electron chi connectivity index (χ2n) is 5.43. The van der Waals surface area contributed by atoms with E-state index in [1.807, 2.05) is 60.7 Å². The van der Waals surface area contributed by atoms with E-state index in [0.29, 0.717) is 22.3 Å². The predicted molar refractivity (Wildman–Crippen MR) is 96.0 cm³/mol. The number of halogens is 1. The normalized spacial score (nSPS) is 14.4. The van der Waals surface area contributed by atoms with Crippen LogP contribution in [0.25, 0.3) is 21.9 Å². The third-order valence-electron chi connectivity index (χ3n) is 4.05. The molecule has 3 aromatic rings. The van der Waals surface area contributed by atoms with E-state index in [4.69, 9.17) is 4.74 Å². The predicted octanol–water partition coefficient (Wildman–Crippen LogP) is 4.60. The van der Waals surface area contributed by atoms with Crippen LogP contribution in [-0.2, 0) is 14.3 Å². The summed E-state index contributed by atoms with van der Waals surface area (Å²) in [4.78, 5) is 24.7. The van der Waals surface area contributed by atoms with Crippen LogP contribution in [0.4, 0.5) is 0 Å². The minimum Gasteiger partial charge on any atom is -0.386 e. The Hall–Kier alpha value is -2.72. The molecule has 0 fully saturated rings. The van der Waals surface area contributed by atoms with Gasteiger partial charge < -0.3 is 4.74 Å². The van der Waals surface area contributed by atoms with Crippen LogP contribution >= 0.6 is 15.9 Å². The van der Waals surface area contributed by atoms with Crippen LogP contribution in [0.3, 0.4) is 0 Å². The van der Waals surface area contributed by atoms with Crippen molar-refractivity contribution in [2.24, 2.45) is 0 Å². The van der Waals surface area contributed by atoms with Crippen molar-refractivity contribution in [1.82, 2.24) is 0 Å². The first-order chi connectivity index (χ1) is 11.7. The number of carbonyl (C=O) groups excluding carboxylic acids is 2. The van der Waals surface area contributed by atoms with Gasteiger partial charge in [-0.15, -0.1) is 0 Å². The van der Waals surface area contributed by atoms with Crippen LogP contribution in [0.15, 0.2) is 71.2 Å². The number of benzene rings is 3. The monoisotopic (exact) mass is 378 g/mol. The van der Waals surface area contributed by atoms with E-state index in [1.165, 1.54) is 0 Å². The first kappa shape index (κ1) is 14.8. The Bertz CT molecular complexity index is 1030. The lowest BCUT2D eigenvalue weighted by atomic mass is 9.93. The first-order valence-electron chi connectivity index (χ1n) is 7.40. The highest BCUT2D eigenvalue weighted by Gasteiger charge is 2.36. The van der Waals surface area contributed by atoms with E-state index in [9.17, 15) is 9.59 Å². The molecule has 1 aliphatic rings. The van der Waals surface area contributed by atoms with Crippen molar-refractivity contribution in [3.05, 3.63) is 82.3 Å². The molecular weight excluding hydrogens is 368 g/mol. The topological polar surface area (TPSA) is 43.4 Å². The van der Waals surface area contributed by atoms with Gasteiger partial charge in [-0.3, -0.25) is 0 Å². The molecule has 0 aliphatic carbocycles. The van der Waals surface area contributed by atoms with Crippen molar-refractivity contribution in [3.8, 4) is 0 Å². The summed E-state index contributed by atoms with van der Waals surface area (Å²) in [7, 11) is 0. The van der Waals surface area contributed by atoms with Crippen LogP contribution < -0.4 is 0 Å². The number of fused-ring (bicyclic) bond motifs is 1. The van der Waals surface area contributed by atoms with Gasteiger partial charge in [0.15, 0.2) is 0 Å². The fourth-order valence-corrected chi connectivity index (χ4v) is 3.47. The third kappa shape index (κ3) is 2.27. The SMILES string of the molecule is O=C1OC(=O)C(c2cccc3ccccc23)=C1c1ccccc1Br. The Labute approximate surface area is 146 Å². The summed E-state index contributed by atoms with van der Waals surface area (Å²) in [6.07, 6.45) is 0. The number of esters is 2. The van der Waals surface area contributed by atoms with Crippen molar-refractivity contribution in [2.45, 2.75) is 0 Å². The fraction of sp³-hybridized carbons (Fsp3) is 0. The summed E-state index contributed by atoms with van der Waals surface area (Å²) in [6, 6.07) is 20.7. The maximum Gasteiger partial charge on any atom is 0.347 e. The lowest BCUT2D eigenvalue weighted by Crippen LogP contribution is -2.02. The van der Waals surface area contributed by atoms with Crippen LogP contribution in [0, 0.1) is 0 Å². The molecule has 1 heterocycles. The standard InChI is InChI=1S/C20H11BrO3/c21-16-11-4-3-9-15(16)18-17(19(22)24-20(18)23)14-10-5-7-12-6-1-2-8-13(12)14/h1-11H. The van der Waals surface area contributed by atoms with E-state index in [2.05, 4.69) is 15.9 Å². The van der Waals surface area contributed by atoms with Gasteiger partial charge in [0.2, 0.25) is 0 Å². The highest BCUT2D eigenvalue weighted by molar-refractivity contribution is 9.10. The van der Waals surface area contributed by atoms with Crippen LogP contribution in [0.5, 0.6) is 0 Å². The molecule has 24 heavy (non-hydrogen) atoms. The molecule has 0 atom stereocenters. The zero-order valence-electron chi connectivity index (χ0n) is 12.5. The molecule has 4 heteroatoms. The average molecular weight is 379 g/mol. The van der Waals surface area contributed by atoms with Crippen LogP contribution in [0.1, 0.15) is 11.1 Å². The molecule has 0 unspecified atom stereocenters. The molecule has 3 aromatic carbocycles. The van der Waals surface area contributed by atoms with Gasteiger partial charge >= 0.3 is 11.9 Å². The van der Waals surface area contributed by atoms with Gasteiger partial charge in [0.25, 0.3) is 0 Å². The third-order valence-corrected chi connectivity index (χ3v) is 4.74. The minimum absolute atomic E-state index is 0.295. The molecule has 116 valence electrons. The Kier molecular flexibility index (Phi) is 3.54. The van der Waals surface area contributed by atoms with Gasteiger partial charge in [0.05, 0.1) is 11.1 Å². The molecule has 0 amide bonds. The minimum atomic E-state index is -0.616. The molecule has 4 rings (SSSR count). The number of rotatable bonds is 2. The molecule has 1 aliphatic heterocycles. The fourth-order valence-electron chi connectivity index (χ4n) is 2.99. The lowest BCUT2D eigenvalue weighted by molar-refractivity contribution is -0.149. The zero-order chi connectivity index (χ0) is 16.7. The molecule has 0 spiro atoms. The van der Waals surface area contributed by atoms with Crippen LogP contribution in [-0.4, -0.2) is 11.9 Å². The maximum absolute atomic E-state index is 12.4. The average Bonchev–Trinajstić information content (AvgIpc) is 2.89. The number of carbonyl (C=O) groups is 2. The van der Waals surface area contributed by atoms with Gasteiger partial charge in [-0.2, -0.15) is 0 Å². The zero-order valence-corrected chi connectivity index (χ0v) is 14.0. The second kappa shape index (κ2) is 5.73. The molecule has 0 saturated heterocycles. The maximum atomic E-state index is 12.4. The summed E-state index contributed by atoms with van der Waals surface area (Å²) in [5, 5.41) is 1.91. The summed E-state index contributed by atoms with van der Waals surface area (Å²) in [6.45, 7) is 0. The molecule has 0 radical (unpaired) electrons. The molecule has 0 aromatic heterocycles. The van der Waals surface area contributed by atoms with Gasteiger partial charge in [-0.25, -0.2) is 9.59 Å². The van der Waals surface area contributed by atoms with Crippen molar-refractivity contribution in [1.29, 1.82) is 0 Å². The number of hydrogen-bond acceptors (Lipinski definition) is 3. The molecule has 0 N–H and O–H groups in total. The highest BCUT2D eigenvalue weighted by atomic mass is 79.9. The van der Waals surface area contributed by atoms with Gasteiger partial charge in [-0.05, 0) is 22.4 Å². The number of hydrogen-bond donors (Lipinski definition) is 0. The largest absolute Gasteiger partial charge is 0.386 e. The lowest BCUT2D eigenvalue weighted by Gasteiger charge is -2.08. The summed E-state index contributed by atoms with van der Waals surface area (Å²) < 4.78 is 5.67. The number of cyclic esters (lactones) is 2. The Morgan fingerprint density at radius 2 is 1.25 bits per heavy atom. The highest BCUT2D eigenvalue weighted by Crippen LogP contribution is 2.39. The summed E-state index contributed by atoms with van der Waals surface area (Å²) in [5.41, 5.74) is 1.96. The second-order valence-corrected chi connectivity index (χ2v) is 6.29. The smallest absolute Gasteiger partial charge is 0.347 e. The number of ether oxygens (including phenoxy) is 1. The van der Waals surface area contributed by atoms with Crippen LogP contribution in [0.2, 0.25) is 0 Å². The Morgan fingerprint density at radius 1 is 0.667 bits per heavy atom. The van der Waals surface area contributed by atoms with E-state index in [-0.39, 0.29) is 0 Å². The summed E-state index contributed by atoms with van der Waals surface area (Å²) >= 11 is 3.45. The van der Waals surface area contributed by atoms with Gasteiger partial charge in [-0.1, -0.05) is 76.6 Å². The van der Waals surface area contributed by atoms with Crippen molar-refractivity contribution in [2.75, 3.05) is 0 Å². The Balaban J connectivity index is 2.08. The Morgan fingerprint density at radius 3 is 2.04 bits per heavy atom. The quantitative estimate of drug-likeness (QED) is 0.483. The molecule has 0 bridgehead atoms. The first-order valence-corrected chi connectivity index (χ1v) is 8.20.